The minimum atomic E-state index is -1.90. The molecule has 0 radical (unpaired) electrons. The van der Waals surface area contributed by atoms with Crippen molar-refractivity contribution in [3.05, 3.63) is 0 Å². The minimum absolute atomic E-state index is 0.207. The number of carbonyl (C=O) groups is 2. The summed E-state index contributed by atoms with van der Waals surface area (Å²) in [6.07, 6.45) is 15.7. The molecule has 0 bridgehead atoms. The van der Waals surface area contributed by atoms with Gasteiger partial charge in [-0.1, -0.05) is 103 Å². The van der Waals surface area contributed by atoms with Crippen LogP contribution in [0.5, 0.6) is 0 Å². The van der Waals surface area contributed by atoms with Crippen molar-refractivity contribution >= 4 is 11.9 Å². The van der Waals surface area contributed by atoms with Gasteiger partial charge in [0.15, 0.2) is 5.78 Å². The van der Waals surface area contributed by atoms with Crippen molar-refractivity contribution in [3.8, 4) is 0 Å². The Morgan fingerprint density at radius 2 is 1.12 bits per heavy atom. The summed E-state index contributed by atoms with van der Waals surface area (Å²) in [5.74, 6) is -0.988. The number of alkyl carbamates (subject to hydrolysis) is 1. The zero-order chi connectivity index (χ0) is 24.7. The second kappa shape index (κ2) is 22.6. The van der Waals surface area contributed by atoms with Gasteiger partial charge >= 0.3 is 6.09 Å². The van der Waals surface area contributed by atoms with E-state index in [2.05, 4.69) is 12.2 Å². The van der Waals surface area contributed by atoms with E-state index in [-0.39, 0.29) is 6.61 Å². The highest BCUT2D eigenvalue weighted by Crippen LogP contribution is 2.13. The van der Waals surface area contributed by atoms with Gasteiger partial charge in [0.2, 0.25) is 0 Å². The van der Waals surface area contributed by atoms with Crippen molar-refractivity contribution in [1.82, 2.24) is 5.32 Å². The lowest BCUT2D eigenvalue weighted by atomic mass is 10.0. The average molecular weight is 476 g/mol. The number of rotatable bonds is 23. The molecule has 196 valence electrons. The van der Waals surface area contributed by atoms with Gasteiger partial charge in [0.25, 0.3) is 0 Å². The zero-order valence-electron chi connectivity index (χ0n) is 20.7. The zero-order valence-corrected chi connectivity index (χ0v) is 20.7. The molecule has 3 atom stereocenters. The molecule has 0 fully saturated rings. The molecule has 33 heavy (non-hydrogen) atoms. The molecule has 0 aromatic rings. The molecule has 0 aliphatic heterocycles. The van der Waals surface area contributed by atoms with E-state index in [0.29, 0.717) is 0 Å². The van der Waals surface area contributed by atoms with Crippen LogP contribution in [-0.2, 0) is 9.53 Å². The summed E-state index contributed by atoms with van der Waals surface area (Å²) in [5.41, 5.74) is 0. The molecule has 0 saturated heterocycles. The third-order valence-corrected chi connectivity index (χ3v) is 5.89. The largest absolute Gasteiger partial charge is 0.450 e. The fourth-order valence-electron chi connectivity index (χ4n) is 3.70. The fraction of sp³-hybridized carbons (Fsp3) is 0.920. The first-order chi connectivity index (χ1) is 16.0. The number of amides is 1. The van der Waals surface area contributed by atoms with Crippen LogP contribution in [0.1, 0.15) is 110 Å². The standard InChI is InChI=1S/C25H49NO7/c1-2-3-4-5-6-7-8-9-10-11-12-13-14-15-16-17-18-33-25(32)26-21(19-27)23(30)24(31)22(29)20-28/h21-22,24,27-29,31H,2-20H2,1H3,(H,26,32)/t21-,22+,24+/m0/s1. The van der Waals surface area contributed by atoms with E-state index >= 15 is 0 Å². The van der Waals surface area contributed by atoms with Crippen molar-refractivity contribution in [2.24, 2.45) is 0 Å². The number of hydrogen-bond donors (Lipinski definition) is 5. The molecule has 5 N–H and O–H groups in total. The lowest BCUT2D eigenvalue weighted by molar-refractivity contribution is -0.137. The lowest BCUT2D eigenvalue weighted by Crippen LogP contribution is -2.51. The normalized spacial score (nSPS) is 14.0. The predicted octanol–water partition coefficient (Wildman–Crippen LogP) is 3.62. The highest BCUT2D eigenvalue weighted by molar-refractivity contribution is 5.91. The number of ketones is 1. The molecule has 0 spiro atoms. The van der Waals surface area contributed by atoms with Crippen LogP contribution in [0.3, 0.4) is 0 Å². The van der Waals surface area contributed by atoms with Crippen LogP contribution in [0.4, 0.5) is 4.79 Å². The van der Waals surface area contributed by atoms with Gasteiger partial charge in [0.1, 0.15) is 18.2 Å². The summed E-state index contributed by atoms with van der Waals surface area (Å²) in [5, 5.41) is 39.0. The van der Waals surface area contributed by atoms with Crippen LogP contribution in [0, 0.1) is 0 Å². The Hall–Kier alpha value is -1.22. The second-order valence-electron chi connectivity index (χ2n) is 8.92. The highest BCUT2D eigenvalue weighted by Gasteiger charge is 2.31. The minimum Gasteiger partial charge on any atom is -0.450 e. The van der Waals surface area contributed by atoms with Crippen LogP contribution >= 0.6 is 0 Å². The lowest BCUT2D eigenvalue weighted by Gasteiger charge is -2.20. The molecule has 8 nitrogen and oxygen atoms in total. The average Bonchev–Trinajstić information content (AvgIpc) is 2.82. The third kappa shape index (κ3) is 17.9. The molecule has 0 aromatic heterocycles. The molecule has 0 saturated carbocycles. The van der Waals surface area contributed by atoms with Crippen LogP contribution in [-0.4, -0.2) is 70.4 Å². The van der Waals surface area contributed by atoms with Gasteiger partial charge < -0.3 is 30.5 Å². The molecule has 0 unspecified atom stereocenters. The molecule has 0 aliphatic rings. The molecule has 0 aliphatic carbocycles. The van der Waals surface area contributed by atoms with Gasteiger partial charge in [0.05, 0.1) is 19.8 Å². The highest BCUT2D eigenvalue weighted by atomic mass is 16.5. The van der Waals surface area contributed by atoms with Gasteiger partial charge in [-0.05, 0) is 6.42 Å². The molecule has 0 heterocycles. The number of unbranched alkanes of at least 4 members (excludes halogenated alkanes) is 15. The molecular formula is C25H49NO7. The van der Waals surface area contributed by atoms with E-state index in [1.807, 2.05) is 0 Å². The topological polar surface area (TPSA) is 136 Å². The van der Waals surface area contributed by atoms with Gasteiger partial charge in [-0.15, -0.1) is 0 Å². The summed E-state index contributed by atoms with van der Waals surface area (Å²) in [6.45, 7) is 0.900. The third-order valence-electron chi connectivity index (χ3n) is 5.89. The Bertz CT molecular complexity index is 476. The summed E-state index contributed by atoms with van der Waals surface area (Å²) >= 11 is 0. The van der Waals surface area contributed by atoms with Crippen molar-refractivity contribution < 1.29 is 34.8 Å². The smallest absolute Gasteiger partial charge is 0.407 e. The Balaban J connectivity index is 3.55. The van der Waals surface area contributed by atoms with Crippen molar-refractivity contribution in [2.45, 2.75) is 128 Å². The molecule has 0 aromatic carbocycles. The number of aliphatic hydroxyl groups excluding tert-OH is 4. The number of aliphatic hydroxyl groups is 4. The Kier molecular flexibility index (Phi) is 21.7. The fourth-order valence-corrected chi connectivity index (χ4v) is 3.70. The first-order valence-electron chi connectivity index (χ1n) is 13.0. The second-order valence-corrected chi connectivity index (χ2v) is 8.92. The van der Waals surface area contributed by atoms with Gasteiger partial charge in [-0.2, -0.15) is 0 Å². The van der Waals surface area contributed by atoms with Crippen LogP contribution in [0.25, 0.3) is 0 Å². The van der Waals surface area contributed by atoms with Gasteiger partial charge in [-0.25, -0.2) is 4.79 Å². The van der Waals surface area contributed by atoms with E-state index < -0.39 is 43.3 Å². The summed E-state index contributed by atoms with van der Waals surface area (Å²) in [6, 6.07) is -1.40. The van der Waals surface area contributed by atoms with E-state index in [1.165, 1.54) is 83.5 Å². The number of hydrogen-bond acceptors (Lipinski definition) is 7. The van der Waals surface area contributed by atoms with Crippen LogP contribution < -0.4 is 5.32 Å². The Morgan fingerprint density at radius 1 is 0.697 bits per heavy atom. The number of ether oxygens (including phenoxy) is 1. The van der Waals surface area contributed by atoms with Crippen molar-refractivity contribution in [2.75, 3.05) is 19.8 Å². The van der Waals surface area contributed by atoms with E-state index in [1.54, 1.807) is 0 Å². The van der Waals surface area contributed by atoms with Crippen LogP contribution in [0.2, 0.25) is 0 Å². The van der Waals surface area contributed by atoms with Gasteiger partial charge in [0, 0.05) is 0 Å². The van der Waals surface area contributed by atoms with Crippen LogP contribution in [0.15, 0.2) is 0 Å². The maximum absolute atomic E-state index is 11.9. The maximum atomic E-state index is 11.9. The maximum Gasteiger partial charge on any atom is 0.407 e. The van der Waals surface area contributed by atoms with Crippen molar-refractivity contribution in [3.63, 3.8) is 0 Å². The quantitative estimate of drug-likeness (QED) is 0.142. The van der Waals surface area contributed by atoms with E-state index in [4.69, 9.17) is 9.84 Å². The Morgan fingerprint density at radius 3 is 1.52 bits per heavy atom. The van der Waals surface area contributed by atoms with E-state index in [9.17, 15) is 24.9 Å². The molecule has 1 amide bonds. The summed E-state index contributed by atoms with van der Waals surface area (Å²) < 4.78 is 5.00. The van der Waals surface area contributed by atoms with E-state index in [0.717, 1.165) is 19.3 Å². The monoisotopic (exact) mass is 475 g/mol. The number of Topliss-reactive ketones (excluding diaryl/α,β-unsaturated/α-hetero) is 1. The SMILES string of the molecule is CCCCCCCCCCCCCCCCCCOC(=O)N[C@@H](CO)C(=O)[C@H](O)[C@H](O)CO. The first kappa shape index (κ1) is 31.8. The summed E-state index contributed by atoms with van der Waals surface area (Å²) in [4.78, 5) is 23.6. The summed E-state index contributed by atoms with van der Waals surface area (Å²) in [7, 11) is 0. The number of nitrogens with one attached hydrogen (secondary N) is 1. The van der Waals surface area contributed by atoms with Gasteiger partial charge in [-0.3, -0.25) is 4.79 Å². The number of carbonyl (C=O) groups excluding carboxylic acids is 2. The first-order valence-corrected chi connectivity index (χ1v) is 13.0. The Labute approximate surface area is 200 Å². The molecule has 8 heteroatoms. The molecule has 0 rings (SSSR count). The molecular weight excluding hydrogens is 426 g/mol. The van der Waals surface area contributed by atoms with Crippen molar-refractivity contribution in [1.29, 1.82) is 0 Å². The predicted molar refractivity (Wildman–Crippen MR) is 129 cm³/mol.